The van der Waals surface area contributed by atoms with Crippen LogP contribution in [0, 0.1) is 6.92 Å². The Morgan fingerprint density at radius 3 is 2.52 bits per heavy atom. The second-order valence-corrected chi connectivity index (χ2v) is 7.83. The topological polar surface area (TPSA) is 59.6 Å². The maximum absolute atomic E-state index is 12.4. The number of carbonyl (C=O) groups excluding carboxylic acids is 1. The van der Waals surface area contributed by atoms with Crippen LogP contribution < -0.4 is 15.4 Å². The number of benzene rings is 2. The van der Waals surface area contributed by atoms with Gasteiger partial charge in [-0.15, -0.1) is 11.3 Å². The number of nitrogens with one attached hydrogen (secondary N) is 2. The Hall–Kier alpha value is -3.04. The van der Waals surface area contributed by atoms with E-state index in [-0.39, 0.29) is 17.5 Å². The normalized spacial score (nSPS) is 10.6. The third kappa shape index (κ3) is 5.99. The molecule has 3 aromatic rings. The minimum atomic E-state index is -2.89. The molecule has 5 nitrogen and oxygen atoms in total. The van der Waals surface area contributed by atoms with Crippen LogP contribution in [0.4, 0.5) is 19.5 Å². The second kappa shape index (κ2) is 10.3. The fourth-order valence-corrected chi connectivity index (χ4v) is 4.13. The highest BCUT2D eigenvalue weighted by atomic mass is 32.1. The fraction of sp³-hybridized carbons (Fsp3) is 0.182. The lowest BCUT2D eigenvalue weighted by Gasteiger charge is -2.14. The van der Waals surface area contributed by atoms with Crippen LogP contribution >= 0.6 is 23.6 Å². The summed E-state index contributed by atoms with van der Waals surface area (Å²) >= 11 is 6.77. The Kier molecular flexibility index (Phi) is 7.54. The summed E-state index contributed by atoms with van der Waals surface area (Å²) in [6, 6.07) is 15.9. The molecule has 0 saturated heterocycles. The van der Waals surface area contributed by atoms with E-state index in [0.717, 1.165) is 10.4 Å². The zero-order chi connectivity index (χ0) is 22.4. The van der Waals surface area contributed by atoms with Crippen LogP contribution in [-0.2, 0) is 4.74 Å². The molecule has 1 heterocycles. The van der Waals surface area contributed by atoms with Crippen LogP contribution in [0.5, 0.6) is 5.75 Å². The first-order chi connectivity index (χ1) is 14.9. The number of alkyl halides is 2. The molecule has 2 N–H and O–H groups in total. The standard InChI is InChI=1S/C22H20F2N2O3S2/c1-3-28-20(27)16-12-18(14-7-5-4-6-8-14)31-19(16)26-22(30)25-17-10-9-15(11-13(17)2)29-21(23)24/h4-12,21H,3H2,1-2H3,(H2,25,26,30). The Morgan fingerprint density at radius 2 is 1.87 bits per heavy atom. The number of rotatable bonds is 7. The Morgan fingerprint density at radius 1 is 1.13 bits per heavy atom. The van der Waals surface area contributed by atoms with Crippen LogP contribution in [0.1, 0.15) is 22.8 Å². The summed E-state index contributed by atoms with van der Waals surface area (Å²) in [5, 5.41) is 6.86. The smallest absolute Gasteiger partial charge is 0.387 e. The van der Waals surface area contributed by atoms with Crippen molar-refractivity contribution in [1.29, 1.82) is 0 Å². The lowest BCUT2D eigenvalue weighted by molar-refractivity contribution is -0.0498. The molecule has 0 unspecified atom stereocenters. The summed E-state index contributed by atoms with van der Waals surface area (Å²) in [6.45, 7) is 0.849. The van der Waals surface area contributed by atoms with E-state index in [2.05, 4.69) is 15.4 Å². The molecule has 31 heavy (non-hydrogen) atoms. The molecule has 0 aliphatic heterocycles. The first-order valence-corrected chi connectivity index (χ1v) is 10.6. The molecule has 1 aromatic heterocycles. The van der Waals surface area contributed by atoms with E-state index in [0.29, 0.717) is 21.8 Å². The van der Waals surface area contributed by atoms with Crippen LogP contribution in [0.15, 0.2) is 54.6 Å². The number of hydrogen-bond acceptors (Lipinski definition) is 5. The van der Waals surface area contributed by atoms with Crippen molar-refractivity contribution < 1.29 is 23.0 Å². The number of thiophene rings is 1. The summed E-state index contributed by atoms with van der Waals surface area (Å²) < 4.78 is 34.3. The van der Waals surface area contributed by atoms with E-state index in [1.54, 1.807) is 26.0 Å². The van der Waals surface area contributed by atoms with Crippen LogP contribution in [0.25, 0.3) is 10.4 Å². The number of aryl methyl sites for hydroxylation is 1. The van der Waals surface area contributed by atoms with Gasteiger partial charge in [-0.3, -0.25) is 0 Å². The molecular weight excluding hydrogens is 442 g/mol. The number of ether oxygens (including phenoxy) is 2. The van der Waals surface area contributed by atoms with E-state index in [9.17, 15) is 13.6 Å². The van der Waals surface area contributed by atoms with Gasteiger partial charge in [0, 0.05) is 10.6 Å². The van der Waals surface area contributed by atoms with Crippen LogP contribution in [0.3, 0.4) is 0 Å². The number of carbonyl (C=O) groups is 1. The van der Waals surface area contributed by atoms with E-state index in [1.807, 2.05) is 30.3 Å². The maximum Gasteiger partial charge on any atom is 0.387 e. The molecule has 2 aromatic carbocycles. The van der Waals surface area contributed by atoms with Gasteiger partial charge >= 0.3 is 12.6 Å². The predicted octanol–water partition coefficient (Wildman–Crippen LogP) is 6.31. The Labute approximate surface area is 188 Å². The first kappa shape index (κ1) is 22.6. The van der Waals surface area contributed by atoms with Gasteiger partial charge in [-0.25, -0.2) is 4.79 Å². The lowest BCUT2D eigenvalue weighted by atomic mass is 10.1. The van der Waals surface area contributed by atoms with Crippen molar-refractivity contribution in [3.8, 4) is 16.2 Å². The second-order valence-electron chi connectivity index (χ2n) is 6.37. The van der Waals surface area contributed by atoms with Gasteiger partial charge in [0.25, 0.3) is 0 Å². The van der Waals surface area contributed by atoms with Gasteiger partial charge in [0.15, 0.2) is 5.11 Å². The molecule has 0 fully saturated rings. The quantitative estimate of drug-likeness (QED) is 0.317. The molecule has 0 saturated carbocycles. The minimum Gasteiger partial charge on any atom is -0.462 e. The molecule has 0 aliphatic carbocycles. The van der Waals surface area contributed by atoms with Gasteiger partial charge in [-0.2, -0.15) is 8.78 Å². The maximum atomic E-state index is 12.4. The number of thiocarbonyl (C=S) groups is 1. The van der Waals surface area contributed by atoms with Crippen LogP contribution in [-0.4, -0.2) is 24.3 Å². The van der Waals surface area contributed by atoms with Gasteiger partial charge < -0.3 is 20.1 Å². The Balaban J connectivity index is 1.80. The highest BCUT2D eigenvalue weighted by molar-refractivity contribution is 7.80. The molecule has 0 radical (unpaired) electrons. The summed E-state index contributed by atoms with van der Waals surface area (Å²) in [6.07, 6.45) is 0. The largest absolute Gasteiger partial charge is 0.462 e. The predicted molar refractivity (Wildman–Crippen MR) is 123 cm³/mol. The molecule has 3 rings (SSSR count). The molecule has 0 aliphatic rings. The van der Waals surface area contributed by atoms with E-state index in [1.165, 1.54) is 23.5 Å². The molecule has 0 bridgehead atoms. The minimum absolute atomic E-state index is 0.0623. The van der Waals surface area contributed by atoms with Crippen molar-refractivity contribution in [2.24, 2.45) is 0 Å². The van der Waals surface area contributed by atoms with E-state index in [4.69, 9.17) is 17.0 Å². The molecular formula is C22H20F2N2O3S2. The average Bonchev–Trinajstić information content (AvgIpc) is 3.14. The SMILES string of the molecule is CCOC(=O)c1cc(-c2ccccc2)sc1NC(=S)Nc1ccc(OC(F)F)cc1C. The molecule has 9 heteroatoms. The van der Waals surface area contributed by atoms with Crippen molar-refractivity contribution in [3.63, 3.8) is 0 Å². The number of anilines is 2. The van der Waals surface area contributed by atoms with Gasteiger partial charge in [0.1, 0.15) is 10.8 Å². The third-order valence-electron chi connectivity index (χ3n) is 4.18. The van der Waals surface area contributed by atoms with Gasteiger partial charge in [0.2, 0.25) is 0 Å². The highest BCUT2D eigenvalue weighted by Gasteiger charge is 2.19. The van der Waals surface area contributed by atoms with Crippen molar-refractivity contribution >= 4 is 45.3 Å². The van der Waals surface area contributed by atoms with Gasteiger partial charge in [0.05, 0.1) is 12.2 Å². The monoisotopic (exact) mass is 462 g/mol. The summed E-state index contributed by atoms with van der Waals surface area (Å²) in [7, 11) is 0. The highest BCUT2D eigenvalue weighted by Crippen LogP contribution is 2.36. The average molecular weight is 463 g/mol. The van der Waals surface area contributed by atoms with Gasteiger partial charge in [-0.1, -0.05) is 30.3 Å². The van der Waals surface area contributed by atoms with Gasteiger partial charge in [-0.05, 0) is 61.5 Å². The molecule has 0 atom stereocenters. The summed E-state index contributed by atoms with van der Waals surface area (Å²) in [5.74, 6) is -0.386. The first-order valence-electron chi connectivity index (χ1n) is 9.37. The van der Waals surface area contributed by atoms with Crippen molar-refractivity contribution in [3.05, 3.63) is 65.7 Å². The molecule has 0 spiro atoms. The zero-order valence-corrected chi connectivity index (χ0v) is 18.4. The molecule has 0 amide bonds. The summed E-state index contributed by atoms with van der Waals surface area (Å²) in [5.41, 5.74) is 2.64. The van der Waals surface area contributed by atoms with Crippen LogP contribution in [0.2, 0.25) is 0 Å². The lowest BCUT2D eigenvalue weighted by Crippen LogP contribution is -2.20. The number of esters is 1. The third-order valence-corrected chi connectivity index (χ3v) is 5.49. The fourth-order valence-electron chi connectivity index (χ4n) is 2.80. The van der Waals surface area contributed by atoms with Crippen molar-refractivity contribution in [2.45, 2.75) is 20.5 Å². The van der Waals surface area contributed by atoms with E-state index < -0.39 is 12.6 Å². The Bertz CT molecular complexity index is 1070. The number of hydrogen-bond donors (Lipinski definition) is 2. The number of halogens is 2. The summed E-state index contributed by atoms with van der Waals surface area (Å²) in [4.78, 5) is 13.3. The van der Waals surface area contributed by atoms with E-state index >= 15 is 0 Å². The van der Waals surface area contributed by atoms with Crippen molar-refractivity contribution in [2.75, 3.05) is 17.2 Å². The zero-order valence-electron chi connectivity index (χ0n) is 16.8. The molecule has 162 valence electrons. The van der Waals surface area contributed by atoms with Crippen molar-refractivity contribution in [1.82, 2.24) is 0 Å².